The molecule has 0 amide bonds. The molecule has 16 heavy (non-hydrogen) atoms. The first kappa shape index (κ1) is 15.5. The normalized spacial score (nSPS) is 14.9. The predicted octanol–water partition coefficient (Wildman–Crippen LogP) is 4.04. The molecule has 0 fully saturated rings. The van der Waals surface area contributed by atoms with E-state index in [0.29, 0.717) is 18.4 Å². The second-order valence-corrected chi connectivity index (χ2v) is 5.10. The zero-order valence-corrected chi connectivity index (χ0v) is 11.6. The molecule has 0 aliphatic carbocycles. The number of hydrogen-bond acceptors (Lipinski definition) is 2. The predicted molar refractivity (Wildman–Crippen MR) is 68.3 cm³/mol. The highest BCUT2D eigenvalue weighted by atomic mass is 16.5. The Morgan fingerprint density at radius 1 is 1.06 bits per heavy atom. The van der Waals surface area contributed by atoms with Crippen LogP contribution in [0.4, 0.5) is 0 Å². The molecular formula is C14H28O2. The van der Waals surface area contributed by atoms with Crippen molar-refractivity contribution in [2.45, 2.75) is 60.3 Å². The number of ether oxygens (including phenoxy) is 1. The molecule has 0 saturated carbocycles. The van der Waals surface area contributed by atoms with E-state index in [9.17, 15) is 4.79 Å². The van der Waals surface area contributed by atoms with Gasteiger partial charge in [0, 0.05) is 0 Å². The molecule has 0 aliphatic heterocycles. The number of esters is 1. The smallest absolute Gasteiger partial charge is 0.308 e. The maximum atomic E-state index is 11.4. The molecule has 0 N–H and O–H groups in total. The first-order valence-corrected chi connectivity index (χ1v) is 6.69. The molecule has 0 heterocycles. The summed E-state index contributed by atoms with van der Waals surface area (Å²) in [4.78, 5) is 11.4. The molecule has 96 valence electrons. The molecular weight excluding hydrogens is 200 g/mol. The fraction of sp³-hybridized carbons (Fsp3) is 0.929. The summed E-state index contributed by atoms with van der Waals surface area (Å²) in [7, 11) is 0. The van der Waals surface area contributed by atoms with Gasteiger partial charge in [-0.25, -0.2) is 0 Å². The van der Waals surface area contributed by atoms with Crippen LogP contribution in [0, 0.1) is 17.8 Å². The molecule has 0 aliphatic rings. The Morgan fingerprint density at radius 2 is 1.62 bits per heavy atom. The van der Waals surface area contributed by atoms with Gasteiger partial charge in [-0.2, -0.15) is 0 Å². The van der Waals surface area contributed by atoms with Crippen molar-refractivity contribution in [2.75, 3.05) is 6.61 Å². The van der Waals surface area contributed by atoms with E-state index in [1.165, 1.54) is 12.8 Å². The second kappa shape index (κ2) is 8.60. The van der Waals surface area contributed by atoms with Crippen molar-refractivity contribution in [3.05, 3.63) is 0 Å². The molecule has 0 bridgehead atoms. The van der Waals surface area contributed by atoms with E-state index in [1.54, 1.807) is 0 Å². The summed E-state index contributed by atoms with van der Waals surface area (Å²) in [5.41, 5.74) is 0. The highest BCUT2D eigenvalue weighted by Crippen LogP contribution is 2.22. The first-order valence-electron chi connectivity index (χ1n) is 6.69. The highest BCUT2D eigenvalue weighted by molar-refractivity contribution is 5.71. The quantitative estimate of drug-likeness (QED) is 0.586. The molecule has 0 radical (unpaired) electrons. The van der Waals surface area contributed by atoms with Crippen molar-refractivity contribution in [3.63, 3.8) is 0 Å². The minimum Gasteiger partial charge on any atom is -0.465 e. The van der Waals surface area contributed by atoms with E-state index in [2.05, 4.69) is 20.8 Å². The van der Waals surface area contributed by atoms with Crippen molar-refractivity contribution in [1.82, 2.24) is 0 Å². The van der Waals surface area contributed by atoms with Gasteiger partial charge in [0.25, 0.3) is 0 Å². The van der Waals surface area contributed by atoms with E-state index in [-0.39, 0.29) is 11.9 Å². The van der Waals surface area contributed by atoms with Gasteiger partial charge in [-0.15, -0.1) is 0 Å². The summed E-state index contributed by atoms with van der Waals surface area (Å²) in [6.07, 6.45) is 4.76. The van der Waals surface area contributed by atoms with Crippen LogP contribution in [-0.4, -0.2) is 12.6 Å². The van der Waals surface area contributed by atoms with Crippen LogP contribution >= 0.6 is 0 Å². The SMILES string of the molecule is CCCC(C)C(CCC)COC(=O)C(C)C. The number of hydrogen-bond donors (Lipinski definition) is 0. The maximum absolute atomic E-state index is 11.4. The van der Waals surface area contributed by atoms with Gasteiger partial charge in [-0.05, 0) is 18.3 Å². The number of carbonyl (C=O) groups is 1. The molecule has 2 atom stereocenters. The lowest BCUT2D eigenvalue weighted by Gasteiger charge is -2.23. The van der Waals surface area contributed by atoms with E-state index in [0.717, 1.165) is 12.8 Å². The molecule has 2 heteroatoms. The van der Waals surface area contributed by atoms with Crippen LogP contribution in [0.5, 0.6) is 0 Å². The van der Waals surface area contributed by atoms with Crippen LogP contribution in [0.15, 0.2) is 0 Å². The van der Waals surface area contributed by atoms with Crippen LogP contribution in [0.3, 0.4) is 0 Å². The van der Waals surface area contributed by atoms with Crippen molar-refractivity contribution in [3.8, 4) is 0 Å². The van der Waals surface area contributed by atoms with Gasteiger partial charge in [-0.3, -0.25) is 4.79 Å². The van der Waals surface area contributed by atoms with E-state index >= 15 is 0 Å². The average molecular weight is 228 g/mol. The Balaban J connectivity index is 4.07. The van der Waals surface area contributed by atoms with Gasteiger partial charge in [0.15, 0.2) is 0 Å². The van der Waals surface area contributed by atoms with Crippen molar-refractivity contribution in [2.24, 2.45) is 17.8 Å². The third kappa shape index (κ3) is 6.14. The van der Waals surface area contributed by atoms with Gasteiger partial charge in [0.2, 0.25) is 0 Å². The van der Waals surface area contributed by atoms with Gasteiger partial charge < -0.3 is 4.74 Å². The topological polar surface area (TPSA) is 26.3 Å². The zero-order chi connectivity index (χ0) is 12.6. The van der Waals surface area contributed by atoms with Crippen molar-refractivity contribution < 1.29 is 9.53 Å². The molecule has 0 rings (SSSR count). The molecule has 0 aromatic rings. The van der Waals surface area contributed by atoms with Crippen LogP contribution in [-0.2, 0) is 9.53 Å². The third-order valence-electron chi connectivity index (χ3n) is 3.12. The summed E-state index contributed by atoms with van der Waals surface area (Å²) in [6, 6.07) is 0. The lowest BCUT2D eigenvalue weighted by atomic mass is 9.87. The Labute approximate surface area is 101 Å². The minimum atomic E-state index is -0.0650. The fourth-order valence-corrected chi connectivity index (χ4v) is 1.95. The van der Waals surface area contributed by atoms with Crippen LogP contribution in [0.1, 0.15) is 60.3 Å². The van der Waals surface area contributed by atoms with Crippen molar-refractivity contribution >= 4 is 5.97 Å². The Bertz CT molecular complexity index is 187. The van der Waals surface area contributed by atoms with Gasteiger partial charge in [-0.1, -0.05) is 53.9 Å². The van der Waals surface area contributed by atoms with Crippen LogP contribution in [0.2, 0.25) is 0 Å². The molecule has 2 nitrogen and oxygen atoms in total. The monoisotopic (exact) mass is 228 g/mol. The lowest BCUT2D eigenvalue weighted by molar-refractivity contribution is -0.149. The lowest BCUT2D eigenvalue weighted by Crippen LogP contribution is -2.22. The van der Waals surface area contributed by atoms with E-state index < -0.39 is 0 Å². The van der Waals surface area contributed by atoms with Crippen LogP contribution < -0.4 is 0 Å². The fourth-order valence-electron chi connectivity index (χ4n) is 1.95. The third-order valence-corrected chi connectivity index (χ3v) is 3.12. The summed E-state index contributed by atoms with van der Waals surface area (Å²) in [6.45, 7) is 11.0. The summed E-state index contributed by atoms with van der Waals surface area (Å²) < 4.78 is 5.35. The largest absolute Gasteiger partial charge is 0.465 e. The Hall–Kier alpha value is -0.530. The Kier molecular flexibility index (Phi) is 8.32. The van der Waals surface area contributed by atoms with Gasteiger partial charge in [0.05, 0.1) is 12.5 Å². The van der Waals surface area contributed by atoms with E-state index in [4.69, 9.17) is 4.74 Å². The molecule has 0 aromatic carbocycles. The Morgan fingerprint density at radius 3 is 2.06 bits per heavy atom. The first-order chi connectivity index (χ1) is 7.52. The summed E-state index contributed by atoms with van der Waals surface area (Å²) in [5.74, 6) is 1.12. The second-order valence-electron chi connectivity index (χ2n) is 5.10. The van der Waals surface area contributed by atoms with Crippen LogP contribution in [0.25, 0.3) is 0 Å². The van der Waals surface area contributed by atoms with E-state index in [1.807, 2.05) is 13.8 Å². The minimum absolute atomic E-state index is 0.0104. The molecule has 2 unspecified atom stereocenters. The molecule has 0 saturated heterocycles. The molecule has 0 aromatic heterocycles. The maximum Gasteiger partial charge on any atom is 0.308 e. The average Bonchev–Trinajstić information content (AvgIpc) is 2.23. The standard InChI is InChI=1S/C14H28O2/c1-6-8-12(5)13(9-7-2)10-16-14(15)11(3)4/h11-13H,6-10H2,1-5H3. The van der Waals surface area contributed by atoms with Gasteiger partial charge in [0.1, 0.15) is 0 Å². The summed E-state index contributed by atoms with van der Waals surface area (Å²) >= 11 is 0. The van der Waals surface area contributed by atoms with Crippen molar-refractivity contribution in [1.29, 1.82) is 0 Å². The highest BCUT2D eigenvalue weighted by Gasteiger charge is 2.18. The number of carbonyl (C=O) groups excluding carboxylic acids is 1. The van der Waals surface area contributed by atoms with Gasteiger partial charge >= 0.3 is 5.97 Å². The zero-order valence-electron chi connectivity index (χ0n) is 11.6. The summed E-state index contributed by atoms with van der Waals surface area (Å²) in [5, 5.41) is 0. The number of rotatable bonds is 8. The molecule has 0 spiro atoms.